The fraction of sp³-hybridized carbons (Fsp3) is 0.526. The van der Waals surface area contributed by atoms with Crippen molar-refractivity contribution in [2.24, 2.45) is 0 Å². The molecule has 2 aromatic rings. The first-order valence-electron chi connectivity index (χ1n) is 9.43. The molecule has 1 aliphatic rings. The fourth-order valence-corrected chi connectivity index (χ4v) is 5.22. The van der Waals surface area contributed by atoms with E-state index >= 15 is 0 Å². The van der Waals surface area contributed by atoms with Gasteiger partial charge in [-0.05, 0) is 39.3 Å². The van der Waals surface area contributed by atoms with Crippen molar-refractivity contribution >= 4 is 39.8 Å². The molecule has 1 aliphatic heterocycles. The van der Waals surface area contributed by atoms with Crippen LogP contribution in [0.2, 0.25) is 0 Å². The zero-order valence-corrected chi connectivity index (χ0v) is 18.0. The predicted octanol–water partition coefficient (Wildman–Crippen LogP) is 2.13. The van der Waals surface area contributed by atoms with E-state index in [0.717, 1.165) is 47.9 Å². The molecule has 1 aromatic heterocycles. The summed E-state index contributed by atoms with van der Waals surface area (Å²) in [6.45, 7) is 13.2. The molecule has 0 saturated carbocycles. The standard InChI is InChI=1S/C19H27N5OS2/c1-5-23-8-10-24(11-9-23)17(25)15(4)26-19-22-21-18(27-19)20-16-7-6-13(2)12-14(16)3/h6-7,12,15H,5,8-11H2,1-4H3,(H,20,21)/p+1/t15-/m1/s1. The summed E-state index contributed by atoms with van der Waals surface area (Å²) in [7, 11) is 0. The molecule has 27 heavy (non-hydrogen) atoms. The maximum Gasteiger partial charge on any atom is 0.236 e. The number of nitrogens with zero attached hydrogens (tertiary/aromatic N) is 3. The third kappa shape index (κ3) is 5.21. The van der Waals surface area contributed by atoms with Crippen molar-refractivity contribution in [3.8, 4) is 0 Å². The van der Waals surface area contributed by atoms with Crippen LogP contribution >= 0.6 is 23.1 Å². The molecule has 1 aromatic carbocycles. The number of nitrogens with one attached hydrogen (secondary N) is 2. The van der Waals surface area contributed by atoms with Crippen LogP contribution in [0, 0.1) is 13.8 Å². The minimum Gasteiger partial charge on any atom is -0.332 e. The molecule has 146 valence electrons. The molecule has 0 bridgehead atoms. The zero-order valence-electron chi connectivity index (χ0n) is 16.4. The predicted molar refractivity (Wildman–Crippen MR) is 112 cm³/mol. The number of quaternary nitrogens is 1. The molecule has 1 amide bonds. The van der Waals surface area contributed by atoms with Crippen molar-refractivity contribution in [2.75, 3.05) is 38.0 Å². The highest BCUT2D eigenvalue weighted by Crippen LogP contribution is 2.31. The second-order valence-electron chi connectivity index (χ2n) is 7.01. The molecule has 0 aliphatic carbocycles. The zero-order chi connectivity index (χ0) is 19.4. The molecule has 2 heterocycles. The monoisotopic (exact) mass is 406 g/mol. The maximum absolute atomic E-state index is 12.7. The lowest BCUT2D eigenvalue weighted by Gasteiger charge is -2.32. The van der Waals surface area contributed by atoms with Gasteiger partial charge < -0.3 is 15.1 Å². The van der Waals surface area contributed by atoms with Crippen LogP contribution in [0.15, 0.2) is 22.5 Å². The summed E-state index contributed by atoms with van der Waals surface area (Å²) >= 11 is 2.99. The van der Waals surface area contributed by atoms with Crippen molar-refractivity contribution in [2.45, 2.75) is 37.3 Å². The smallest absolute Gasteiger partial charge is 0.236 e. The first-order valence-corrected chi connectivity index (χ1v) is 11.1. The van der Waals surface area contributed by atoms with E-state index in [2.05, 4.69) is 54.5 Å². The van der Waals surface area contributed by atoms with E-state index in [1.165, 1.54) is 34.2 Å². The molecule has 0 spiro atoms. The SMILES string of the molecule is CC[NH+]1CCN(C(=O)[C@@H](C)Sc2nnc(Nc3ccc(C)cc3C)s2)CC1. The van der Waals surface area contributed by atoms with Gasteiger partial charge >= 0.3 is 0 Å². The molecule has 6 nitrogen and oxygen atoms in total. The van der Waals surface area contributed by atoms with Gasteiger partial charge in [-0.1, -0.05) is 40.8 Å². The van der Waals surface area contributed by atoms with Gasteiger partial charge in [-0.15, -0.1) is 10.2 Å². The van der Waals surface area contributed by atoms with Crippen molar-refractivity contribution in [1.29, 1.82) is 0 Å². The van der Waals surface area contributed by atoms with Crippen LogP contribution in [0.4, 0.5) is 10.8 Å². The van der Waals surface area contributed by atoms with Gasteiger partial charge in [0.2, 0.25) is 11.0 Å². The lowest BCUT2D eigenvalue weighted by molar-refractivity contribution is -0.902. The quantitative estimate of drug-likeness (QED) is 0.720. The van der Waals surface area contributed by atoms with Gasteiger partial charge in [-0.3, -0.25) is 4.79 Å². The molecule has 0 radical (unpaired) electrons. The van der Waals surface area contributed by atoms with Crippen LogP contribution in [0.3, 0.4) is 0 Å². The average molecular weight is 407 g/mol. The normalized spacial score (nSPS) is 16.4. The number of hydrogen-bond acceptors (Lipinski definition) is 6. The molecule has 2 N–H and O–H groups in total. The Balaban J connectivity index is 1.56. The van der Waals surface area contributed by atoms with Crippen LogP contribution in [-0.2, 0) is 4.79 Å². The summed E-state index contributed by atoms with van der Waals surface area (Å²) in [6.07, 6.45) is 0. The Morgan fingerprint density at radius 3 is 2.74 bits per heavy atom. The van der Waals surface area contributed by atoms with Crippen molar-refractivity contribution in [3.05, 3.63) is 29.3 Å². The number of likely N-dealkylation sites (N-methyl/N-ethyl adjacent to an activating group) is 1. The lowest BCUT2D eigenvalue weighted by atomic mass is 10.1. The number of benzene rings is 1. The summed E-state index contributed by atoms with van der Waals surface area (Å²) in [5.74, 6) is 0.203. The number of piperazine rings is 1. The molecule has 1 atom stereocenters. The van der Waals surface area contributed by atoms with Crippen molar-refractivity contribution in [1.82, 2.24) is 15.1 Å². The summed E-state index contributed by atoms with van der Waals surface area (Å²) in [5, 5.41) is 12.4. The molecule has 8 heteroatoms. The molecule has 1 fully saturated rings. The van der Waals surface area contributed by atoms with E-state index in [1.54, 1.807) is 4.90 Å². The number of thioether (sulfide) groups is 1. The number of anilines is 2. The summed E-state index contributed by atoms with van der Waals surface area (Å²) in [5.41, 5.74) is 3.45. The molecule has 0 unspecified atom stereocenters. The lowest BCUT2D eigenvalue weighted by Crippen LogP contribution is -3.14. The van der Waals surface area contributed by atoms with Gasteiger partial charge in [-0.25, -0.2) is 0 Å². The number of carbonyl (C=O) groups excluding carboxylic acids is 1. The second kappa shape index (κ2) is 9.03. The fourth-order valence-electron chi connectivity index (χ4n) is 3.23. The Hall–Kier alpha value is -1.64. The number of amides is 1. The molecular formula is C19H28N5OS2+. The van der Waals surface area contributed by atoms with Crippen molar-refractivity contribution in [3.63, 3.8) is 0 Å². The Labute approximate surface area is 169 Å². The first-order chi connectivity index (χ1) is 13.0. The second-order valence-corrected chi connectivity index (χ2v) is 9.57. The van der Waals surface area contributed by atoms with E-state index in [0.29, 0.717) is 0 Å². The van der Waals surface area contributed by atoms with Gasteiger partial charge in [0.1, 0.15) is 0 Å². The number of aromatic nitrogens is 2. The Kier molecular flexibility index (Phi) is 6.73. The van der Waals surface area contributed by atoms with E-state index in [9.17, 15) is 4.79 Å². The van der Waals surface area contributed by atoms with Crippen LogP contribution in [0.5, 0.6) is 0 Å². The van der Waals surface area contributed by atoms with Crippen LogP contribution in [-0.4, -0.2) is 59.0 Å². The van der Waals surface area contributed by atoms with E-state index in [4.69, 9.17) is 0 Å². The molecule has 1 saturated heterocycles. The van der Waals surface area contributed by atoms with Gasteiger partial charge in [0.05, 0.1) is 38.0 Å². The number of carbonyl (C=O) groups is 1. The van der Waals surface area contributed by atoms with Gasteiger partial charge in [0.15, 0.2) is 4.34 Å². The summed E-state index contributed by atoms with van der Waals surface area (Å²) < 4.78 is 0.820. The van der Waals surface area contributed by atoms with Crippen LogP contribution in [0.1, 0.15) is 25.0 Å². The van der Waals surface area contributed by atoms with Gasteiger partial charge in [0, 0.05) is 5.69 Å². The third-order valence-corrected chi connectivity index (χ3v) is 6.95. The van der Waals surface area contributed by atoms with Crippen LogP contribution < -0.4 is 10.2 Å². The minimum atomic E-state index is -0.143. The largest absolute Gasteiger partial charge is 0.332 e. The third-order valence-electron chi connectivity index (χ3n) is 4.94. The van der Waals surface area contributed by atoms with E-state index in [-0.39, 0.29) is 11.2 Å². The van der Waals surface area contributed by atoms with Crippen molar-refractivity contribution < 1.29 is 9.69 Å². The Morgan fingerprint density at radius 1 is 1.33 bits per heavy atom. The topological polar surface area (TPSA) is 62.6 Å². The number of rotatable bonds is 6. The first kappa shape index (κ1) is 20.1. The van der Waals surface area contributed by atoms with Gasteiger partial charge in [-0.2, -0.15) is 0 Å². The highest BCUT2D eigenvalue weighted by Gasteiger charge is 2.27. The highest BCUT2D eigenvalue weighted by atomic mass is 32.2. The van der Waals surface area contributed by atoms with Crippen LogP contribution in [0.25, 0.3) is 0 Å². The number of hydrogen-bond donors (Lipinski definition) is 2. The maximum atomic E-state index is 12.7. The molecular weight excluding hydrogens is 378 g/mol. The minimum absolute atomic E-state index is 0.143. The Bertz CT molecular complexity index is 786. The van der Waals surface area contributed by atoms with E-state index in [1.807, 2.05) is 11.8 Å². The molecule has 3 rings (SSSR count). The summed E-state index contributed by atoms with van der Waals surface area (Å²) in [4.78, 5) is 16.3. The Morgan fingerprint density at radius 2 is 2.07 bits per heavy atom. The highest BCUT2D eigenvalue weighted by molar-refractivity contribution is 8.02. The summed E-state index contributed by atoms with van der Waals surface area (Å²) in [6, 6.07) is 6.27. The van der Waals surface area contributed by atoms with Gasteiger partial charge in [0.25, 0.3) is 0 Å². The number of aryl methyl sites for hydroxylation is 2. The van der Waals surface area contributed by atoms with E-state index < -0.39 is 0 Å². The average Bonchev–Trinajstić information content (AvgIpc) is 3.10.